The number of rotatable bonds is 9. The standard InChI is InChI=1S/C9H22NO2PS/c1-4-10(5-2)8-7-9-14-13(11)12-6-3/h13H,4-9H2,1-3H3. The van der Waals surface area contributed by atoms with Gasteiger partial charge in [0.05, 0.1) is 6.61 Å². The highest BCUT2D eigenvalue weighted by atomic mass is 32.7. The molecule has 0 saturated carbocycles. The molecule has 14 heavy (non-hydrogen) atoms. The Labute approximate surface area is 92.2 Å². The van der Waals surface area contributed by atoms with Crippen molar-refractivity contribution in [2.45, 2.75) is 27.2 Å². The summed E-state index contributed by atoms with van der Waals surface area (Å²) in [7, 11) is -1.80. The largest absolute Gasteiger partial charge is 0.323 e. The topological polar surface area (TPSA) is 29.5 Å². The molecule has 0 saturated heterocycles. The van der Waals surface area contributed by atoms with Crippen molar-refractivity contribution in [3.05, 3.63) is 0 Å². The first-order chi connectivity index (χ1) is 6.74. The highest BCUT2D eigenvalue weighted by Gasteiger charge is 2.01. The Bertz CT molecular complexity index is 154. The fourth-order valence-electron chi connectivity index (χ4n) is 1.14. The van der Waals surface area contributed by atoms with Gasteiger partial charge in [0, 0.05) is 5.75 Å². The Morgan fingerprint density at radius 2 is 1.93 bits per heavy atom. The van der Waals surface area contributed by atoms with Crippen molar-refractivity contribution in [1.29, 1.82) is 0 Å². The van der Waals surface area contributed by atoms with Gasteiger partial charge in [-0.2, -0.15) is 0 Å². The smallest absolute Gasteiger partial charge is 0.246 e. The number of hydrogen-bond acceptors (Lipinski definition) is 4. The molecule has 0 aromatic rings. The van der Waals surface area contributed by atoms with E-state index in [9.17, 15) is 4.57 Å². The number of nitrogens with zero attached hydrogens (tertiary/aromatic N) is 1. The highest BCUT2D eigenvalue weighted by molar-refractivity contribution is 8.50. The molecule has 1 atom stereocenters. The van der Waals surface area contributed by atoms with Gasteiger partial charge in [-0.1, -0.05) is 25.2 Å². The Kier molecular flexibility index (Phi) is 10.4. The highest BCUT2D eigenvalue weighted by Crippen LogP contribution is 2.38. The van der Waals surface area contributed by atoms with Crippen molar-refractivity contribution in [3.63, 3.8) is 0 Å². The van der Waals surface area contributed by atoms with Crippen LogP contribution >= 0.6 is 18.6 Å². The molecule has 0 aliphatic rings. The molecule has 0 aliphatic carbocycles. The molecule has 0 spiro atoms. The zero-order valence-corrected chi connectivity index (χ0v) is 11.2. The zero-order chi connectivity index (χ0) is 10.8. The molecule has 0 amide bonds. The van der Waals surface area contributed by atoms with Gasteiger partial charge < -0.3 is 9.42 Å². The molecule has 86 valence electrons. The maximum Gasteiger partial charge on any atom is 0.246 e. The van der Waals surface area contributed by atoms with E-state index in [1.165, 1.54) is 11.4 Å². The van der Waals surface area contributed by atoms with Crippen LogP contribution in [0.25, 0.3) is 0 Å². The monoisotopic (exact) mass is 239 g/mol. The third kappa shape index (κ3) is 7.86. The summed E-state index contributed by atoms with van der Waals surface area (Å²) in [6, 6.07) is 0. The lowest BCUT2D eigenvalue weighted by Gasteiger charge is -2.17. The van der Waals surface area contributed by atoms with Crippen LogP contribution in [0.1, 0.15) is 27.2 Å². The molecular formula is C9H22NO2PS. The fourth-order valence-corrected chi connectivity index (χ4v) is 3.44. The summed E-state index contributed by atoms with van der Waals surface area (Å²) in [5.74, 6) is 0.939. The fraction of sp³-hybridized carbons (Fsp3) is 1.00. The van der Waals surface area contributed by atoms with Crippen LogP contribution in [0.2, 0.25) is 0 Å². The molecule has 0 bridgehead atoms. The molecule has 0 aliphatic heterocycles. The third-order valence-electron chi connectivity index (χ3n) is 2.00. The minimum Gasteiger partial charge on any atom is -0.323 e. The summed E-state index contributed by atoms with van der Waals surface area (Å²) < 4.78 is 16.1. The van der Waals surface area contributed by atoms with E-state index in [1.54, 1.807) is 0 Å². The molecule has 0 rings (SSSR count). The molecule has 0 aromatic carbocycles. The van der Waals surface area contributed by atoms with Crippen LogP contribution in [0, 0.1) is 0 Å². The quantitative estimate of drug-likeness (QED) is 0.457. The average Bonchev–Trinajstić information content (AvgIpc) is 2.19. The van der Waals surface area contributed by atoms with E-state index in [0.29, 0.717) is 6.61 Å². The van der Waals surface area contributed by atoms with Gasteiger partial charge in [0.15, 0.2) is 0 Å². The Morgan fingerprint density at radius 1 is 1.29 bits per heavy atom. The van der Waals surface area contributed by atoms with Crippen molar-refractivity contribution in [3.8, 4) is 0 Å². The SMILES string of the molecule is CCO[PH](=O)SCCCN(CC)CC. The van der Waals surface area contributed by atoms with E-state index in [2.05, 4.69) is 18.7 Å². The maximum absolute atomic E-state index is 11.1. The molecule has 0 heterocycles. The van der Waals surface area contributed by atoms with Gasteiger partial charge in [0.1, 0.15) is 0 Å². The van der Waals surface area contributed by atoms with Crippen LogP contribution in [0.15, 0.2) is 0 Å². The lowest BCUT2D eigenvalue weighted by Crippen LogP contribution is -2.24. The van der Waals surface area contributed by atoms with Crippen molar-refractivity contribution >= 4 is 18.6 Å². The molecule has 5 heteroatoms. The van der Waals surface area contributed by atoms with E-state index >= 15 is 0 Å². The molecule has 0 radical (unpaired) electrons. The van der Waals surface area contributed by atoms with Gasteiger partial charge in [-0.3, -0.25) is 4.57 Å². The molecule has 3 nitrogen and oxygen atoms in total. The number of hydrogen-bond donors (Lipinski definition) is 0. The summed E-state index contributed by atoms with van der Waals surface area (Å²) in [4.78, 5) is 2.37. The molecule has 1 unspecified atom stereocenters. The zero-order valence-electron chi connectivity index (χ0n) is 9.41. The van der Waals surface area contributed by atoms with Crippen LogP contribution < -0.4 is 0 Å². The summed E-state index contributed by atoms with van der Waals surface area (Å²) in [5.41, 5.74) is 0. The van der Waals surface area contributed by atoms with E-state index in [0.717, 1.165) is 31.8 Å². The average molecular weight is 239 g/mol. The summed E-state index contributed by atoms with van der Waals surface area (Å²) >= 11 is 1.46. The van der Waals surface area contributed by atoms with E-state index in [4.69, 9.17) is 4.52 Å². The van der Waals surface area contributed by atoms with Gasteiger partial charge in [-0.25, -0.2) is 0 Å². The van der Waals surface area contributed by atoms with E-state index in [-0.39, 0.29) is 0 Å². The second-order valence-electron chi connectivity index (χ2n) is 2.91. The molecule has 0 N–H and O–H groups in total. The first-order valence-electron chi connectivity index (χ1n) is 5.26. The minimum absolute atomic E-state index is 0.556. The lowest BCUT2D eigenvalue weighted by molar-refractivity contribution is 0.305. The minimum atomic E-state index is -1.80. The summed E-state index contributed by atoms with van der Waals surface area (Å²) in [5, 5.41) is 0. The van der Waals surface area contributed by atoms with Crippen molar-refractivity contribution in [2.24, 2.45) is 0 Å². The Balaban J connectivity index is 3.32. The molecule has 0 fully saturated rings. The second-order valence-corrected chi connectivity index (χ2v) is 6.26. The Hall–Kier alpha value is 0.500. The molecule has 0 aromatic heterocycles. The molecular weight excluding hydrogens is 217 g/mol. The predicted octanol–water partition coefficient (Wildman–Crippen LogP) is 2.88. The van der Waals surface area contributed by atoms with Crippen LogP contribution in [-0.2, 0) is 9.09 Å². The first kappa shape index (κ1) is 14.5. The second kappa shape index (κ2) is 10.0. The van der Waals surface area contributed by atoms with Crippen LogP contribution in [-0.4, -0.2) is 36.9 Å². The van der Waals surface area contributed by atoms with Gasteiger partial charge in [0.2, 0.25) is 7.23 Å². The van der Waals surface area contributed by atoms with Crippen LogP contribution in [0.5, 0.6) is 0 Å². The predicted molar refractivity (Wildman–Crippen MR) is 65.5 cm³/mol. The maximum atomic E-state index is 11.1. The van der Waals surface area contributed by atoms with Gasteiger partial charge >= 0.3 is 0 Å². The lowest BCUT2D eigenvalue weighted by atomic mass is 10.4. The van der Waals surface area contributed by atoms with Crippen LogP contribution in [0.4, 0.5) is 0 Å². The summed E-state index contributed by atoms with van der Waals surface area (Å²) in [6.07, 6.45) is 1.09. The summed E-state index contributed by atoms with van der Waals surface area (Å²) in [6.45, 7) is 10.1. The van der Waals surface area contributed by atoms with Crippen molar-refractivity contribution in [2.75, 3.05) is 32.0 Å². The van der Waals surface area contributed by atoms with Gasteiger partial charge in [-0.05, 0) is 33.0 Å². The van der Waals surface area contributed by atoms with E-state index in [1.807, 2.05) is 6.92 Å². The van der Waals surface area contributed by atoms with Crippen molar-refractivity contribution in [1.82, 2.24) is 4.90 Å². The van der Waals surface area contributed by atoms with Crippen molar-refractivity contribution < 1.29 is 9.09 Å². The normalized spacial score (nSPS) is 13.4. The van der Waals surface area contributed by atoms with Gasteiger partial charge in [0.25, 0.3) is 0 Å². The Morgan fingerprint density at radius 3 is 2.43 bits per heavy atom. The van der Waals surface area contributed by atoms with Crippen LogP contribution in [0.3, 0.4) is 0 Å². The first-order valence-corrected chi connectivity index (χ1v) is 8.29. The van der Waals surface area contributed by atoms with E-state index < -0.39 is 7.23 Å². The third-order valence-corrected chi connectivity index (χ3v) is 4.92. The van der Waals surface area contributed by atoms with Gasteiger partial charge in [-0.15, -0.1) is 0 Å².